The second kappa shape index (κ2) is 7.36. The van der Waals surface area contributed by atoms with Gasteiger partial charge < -0.3 is 9.64 Å². The molecule has 0 N–H and O–H groups in total. The molecule has 1 amide bonds. The first kappa shape index (κ1) is 15.0. The number of carbonyl (C=O) groups is 1. The van der Waals surface area contributed by atoms with Gasteiger partial charge in [-0.2, -0.15) is 0 Å². The first-order valence-corrected chi connectivity index (χ1v) is 6.95. The number of halogens is 2. The van der Waals surface area contributed by atoms with Gasteiger partial charge in [0.05, 0.1) is 12.7 Å². The standard InChI is InChI=1S/C13H17BrFNO2/c1-3-16(8-4-7-14)13(17)11-6-5-10(18-2)9-12(11)15/h5-6,9H,3-4,7-8H2,1-2H3. The van der Waals surface area contributed by atoms with Crippen LogP contribution in [0.5, 0.6) is 5.75 Å². The van der Waals surface area contributed by atoms with Crippen LogP contribution in [0.25, 0.3) is 0 Å². The first-order valence-electron chi connectivity index (χ1n) is 5.82. The summed E-state index contributed by atoms with van der Waals surface area (Å²) in [5, 5.41) is 0.821. The van der Waals surface area contributed by atoms with E-state index in [2.05, 4.69) is 15.9 Å². The number of carbonyl (C=O) groups excluding carboxylic acids is 1. The summed E-state index contributed by atoms with van der Waals surface area (Å²) in [6, 6.07) is 4.29. The Balaban J connectivity index is 2.87. The fourth-order valence-electron chi connectivity index (χ4n) is 1.62. The molecule has 0 saturated carbocycles. The van der Waals surface area contributed by atoms with Crippen molar-refractivity contribution in [3.8, 4) is 5.75 Å². The number of methoxy groups -OCH3 is 1. The number of ether oxygens (including phenoxy) is 1. The van der Waals surface area contributed by atoms with Gasteiger partial charge in [-0.25, -0.2) is 4.39 Å². The fourth-order valence-corrected chi connectivity index (χ4v) is 1.87. The Kier molecular flexibility index (Phi) is 6.12. The average molecular weight is 318 g/mol. The van der Waals surface area contributed by atoms with Gasteiger partial charge in [0.2, 0.25) is 0 Å². The van der Waals surface area contributed by atoms with Crippen LogP contribution in [0.4, 0.5) is 4.39 Å². The molecule has 0 radical (unpaired) electrons. The molecule has 1 aromatic rings. The van der Waals surface area contributed by atoms with Gasteiger partial charge >= 0.3 is 0 Å². The number of nitrogens with zero attached hydrogens (tertiary/aromatic N) is 1. The van der Waals surface area contributed by atoms with Crippen molar-refractivity contribution in [1.82, 2.24) is 4.90 Å². The molecule has 0 fully saturated rings. The maximum Gasteiger partial charge on any atom is 0.256 e. The second-order valence-corrected chi connectivity index (χ2v) is 4.57. The van der Waals surface area contributed by atoms with E-state index in [-0.39, 0.29) is 11.5 Å². The van der Waals surface area contributed by atoms with Crippen molar-refractivity contribution in [3.63, 3.8) is 0 Å². The normalized spacial score (nSPS) is 10.2. The van der Waals surface area contributed by atoms with Crippen LogP contribution in [0, 0.1) is 5.82 Å². The summed E-state index contributed by atoms with van der Waals surface area (Å²) in [4.78, 5) is 13.8. The molecule has 0 unspecified atom stereocenters. The molecule has 18 heavy (non-hydrogen) atoms. The summed E-state index contributed by atoms with van der Waals surface area (Å²) in [6.07, 6.45) is 0.845. The van der Waals surface area contributed by atoms with Crippen LogP contribution >= 0.6 is 15.9 Å². The van der Waals surface area contributed by atoms with Crippen LogP contribution in [0.15, 0.2) is 18.2 Å². The molecule has 0 aliphatic heterocycles. The quantitative estimate of drug-likeness (QED) is 0.755. The zero-order chi connectivity index (χ0) is 13.5. The Labute approximate surface area is 115 Å². The summed E-state index contributed by atoms with van der Waals surface area (Å²) < 4.78 is 18.7. The van der Waals surface area contributed by atoms with Crippen molar-refractivity contribution >= 4 is 21.8 Å². The predicted octanol–water partition coefficient (Wildman–Crippen LogP) is 3.08. The minimum absolute atomic E-state index is 0.0900. The van der Waals surface area contributed by atoms with Crippen molar-refractivity contribution in [2.24, 2.45) is 0 Å². The van der Waals surface area contributed by atoms with Gasteiger partial charge in [-0.3, -0.25) is 4.79 Å². The van der Waals surface area contributed by atoms with E-state index in [4.69, 9.17) is 4.74 Å². The van der Waals surface area contributed by atoms with Crippen LogP contribution < -0.4 is 4.74 Å². The number of alkyl halides is 1. The number of rotatable bonds is 6. The van der Waals surface area contributed by atoms with Crippen molar-refractivity contribution in [1.29, 1.82) is 0 Å². The molecule has 0 heterocycles. The van der Waals surface area contributed by atoms with E-state index >= 15 is 0 Å². The lowest BCUT2D eigenvalue weighted by Gasteiger charge is -2.20. The molecule has 0 aromatic heterocycles. The largest absolute Gasteiger partial charge is 0.497 e. The molecular formula is C13H17BrFNO2. The lowest BCUT2D eigenvalue weighted by Crippen LogP contribution is -2.32. The average Bonchev–Trinajstić information content (AvgIpc) is 2.39. The maximum atomic E-state index is 13.8. The Morgan fingerprint density at radius 2 is 2.22 bits per heavy atom. The van der Waals surface area contributed by atoms with Crippen LogP contribution in [-0.2, 0) is 0 Å². The van der Waals surface area contributed by atoms with E-state index in [9.17, 15) is 9.18 Å². The minimum Gasteiger partial charge on any atom is -0.497 e. The molecule has 0 bridgehead atoms. The third-order valence-corrected chi connectivity index (χ3v) is 3.20. The maximum absolute atomic E-state index is 13.8. The molecule has 0 aliphatic carbocycles. The molecule has 0 spiro atoms. The SMILES string of the molecule is CCN(CCCBr)C(=O)c1ccc(OC)cc1F. The van der Waals surface area contributed by atoms with Crippen LogP contribution in [0.3, 0.4) is 0 Å². The van der Waals surface area contributed by atoms with Crippen molar-refractivity contribution in [3.05, 3.63) is 29.6 Å². The lowest BCUT2D eigenvalue weighted by atomic mass is 10.1. The Morgan fingerprint density at radius 3 is 2.72 bits per heavy atom. The smallest absolute Gasteiger partial charge is 0.256 e. The summed E-state index contributed by atoms with van der Waals surface area (Å²) >= 11 is 3.32. The highest BCUT2D eigenvalue weighted by atomic mass is 79.9. The number of benzene rings is 1. The van der Waals surface area contributed by atoms with E-state index in [0.717, 1.165) is 11.8 Å². The van der Waals surface area contributed by atoms with Gasteiger partial charge in [-0.05, 0) is 25.5 Å². The van der Waals surface area contributed by atoms with Gasteiger partial charge in [-0.15, -0.1) is 0 Å². The molecule has 5 heteroatoms. The summed E-state index contributed by atoms with van der Waals surface area (Å²) in [5.74, 6) is -0.414. The van der Waals surface area contributed by atoms with Crippen molar-refractivity contribution in [2.75, 3.05) is 25.5 Å². The van der Waals surface area contributed by atoms with Gasteiger partial charge in [-0.1, -0.05) is 15.9 Å². The molecule has 1 aromatic carbocycles. The number of hydrogen-bond acceptors (Lipinski definition) is 2. The summed E-state index contributed by atoms with van der Waals surface area (Å²) in [6.45, 7) is 3.07. The number of hydrogen-bond donors (Lipinski definition) is 0. The van der Waals surface area contributed by atoms with E-state index in [1.807, 2.05) is 6.92 Å². The van der Waals surface area contributed by atoms with Crippen molar-refractivity contribution < 1.29 is 13.9 Å². The van der Waals surface area contributed by atoms with Gasteiger partial charge in [0, 0.05) is 24.5 Å². The van der Waals surface area contributed by atoms with Crippen LogP contribution in [0.2, 0.25) is 0 Å². The van der Waals surface area contributed by atoms with Gasteiger partial charge in [0.15, 0.2) is 0 Å². The monoisotopic (exact) mass is 317 g/mol. The zero-order valence-corrected chi connectivity index (χ0v) is 12.2. The Morgan fingerprint density at radius 1 is 1.50 bits per heavy atom. The molecule has 1 rings (SSSR count). The predicted molar refractivity (Wildman–Crippen MR) is 72.9 cm³/mol. The van der Waals surface area contributed by atoms with E-state index < -0.39 is 5.82 Å². The minimum atomic E-state index is -0.545. The zero-order valence-electron chi connectivity index (χ0n) is 10.6. The number of amides is 1. The molecule has 0 saturated heterocycles. The fraction of sp³-hybridized carbons (Fsp3) is 0.462. The molecule has 0 atom stereocenters. The molecule has 0 aliphatic rings. The lowest BCUT2D eigenvalue weighted by molar-refractivity contribution is 0.0760. The highest BCUT2D eigenvalue weighted by Gasteiger charge is 2.18. The third kappa shape index (κ3) is 3.70. The topological polar surface area (TPSA) is 29.5 Å². The van der Waals surface area contributed by atoms with Crippen LogP contribution in [-0.4, -0.2) is 36.3 Å². The van der Waals surface area contributed by atoms with Gasteiger partial charge in [0.25, 0.3) is 5.91 Å². The highest BCUT2D eigenvalue weighted by Crippen LogP contribution is 2.18. The third-order valence-electron chi connectivity index (χ3n) is 2.64. The molecule has 100 valence electrons. The molecular weight excluding hydrogens is 301 g/mol. The van der Waals surface area contributed by atoms with Crippen molar-refractivity contribution in [2.45, 2.75) is 13.3 Å². The first-order chi connectivity index (χ1) is 8.63. The molecule has 3 nitrogen and oxygen atoms in total. The van der Waals surface area contributed by atoms with Gasteiger partial charge in [0.1, 0.15) is 11.6 Å². The van der Waals surface area contributed by atoms with Crippen LogP contribution in [0.1, 0.15) is 23.7 Å². The van der Waals surface area contributed by atoms with E-state index in [1.165, 1.54) is 19.2 Å². The summed E-state index contributed by atoms with van der Waals surface area (Å²) in [7, 11) is 1.46. The van der Waals surface area contributed by atoms with E-state index in [1.54, 1.807) is 11.0 Å². The second-order valence-electron chi connectivity index (χ2n) is 3.77. The Bertz CT molecular complexity index is 412. The van der Waals surface area contributed by atoms with E-state index in [0.29, 0.717) is 18.8 Å². The highest BCUT2D eigenvalue weighted by molar-refractivity contribution is 9.09. The summed E-state index contributed by atoms with van der Waals surface area (Å²) in [5.41, 5.74) is 0.0900. The Hall–Kier alpha value is -1.10.